The molecule has 17 heteroatoms. The van der Waals surface area contributed by atoms with Crippen LogP contribution in [0.25, 0.3) is 28.3 Å². The molecule has 1 aromatic heterocycles. The number of Topliss-reactive ketones (excluding diaryl/α,β-unsaturated/α-hetero) is 2. The molecule has 0 bridgehead atoms. The Morgan fingerprint density at radius 1 is 0.744 bits per heavy atom. The van der Waals surface area contributed by atoms with Crippen LogP contribution >= 0.6 is 0 Å². The van der Waals surface area contributed by atoms with Gasteiger partial charge in [0.2, 0.25) is 23.5 Å². The largest absolute Gasteiger partial charge is 1.00 e. The van der Waals surface area contributed by atoms with Gasteiger partial charge in [-0.2, -0.15) is 4.57 Å². The van der Waals surface area contributed by atoms with Gasteiger partial charge < -0.3 is 50.9 Å². The number of fused-ring (bicyclic) bond motifs is 4. The summed E-state index contributed by atoms with van der Waals surface area (Å²) in [5.41, 5.74) is 13.1. The predicted octanol–water partition coefficient (Wildman–Crippen LogP) is 9.18. The van der Waals surface area contributed by atoms with Crippen LogP contribution in [-0.2, 0) is 41.1 Å². The minimum absolute atomic E-state index is 0. The van der Waals surface area contributed by atoms with Gasteiger partial charge in [0.1, 0.15) is 17.2 Å². The number of benzene rings is 6. The highest BCUT2D eigenvalue weighted by Gasteiger charge is 2.36. The van der Waals surface area contributed by atoms with Crippen molar-refractivity contribution in [2.24, 2.45) is 13.0 Å². The molecule has 3 aliphatic heterocycles. The number of para-hydroxylation sites is 6. The molecule has 0 radical (unpaired) electrons. The van der Waals surface area contributed by atoms with E-state index in [1.807, 2.05) is 115 Å². The number of carbonyl (C=O) groups excluding carboxylic acids is 4. The summed E-state index contributed by atoms with van der Waals surface area (Å²) in [7, 11) is -0.977. The zero-order valence-corrected chi connectivity index (χ0v) is 48.7. The molecular formula is C69H59ClN5O10S-. The fourth-order valence-electron chi connectivity index (χ4n) is 11.5. The Bertz CT molecular complexity index is 4220. The van der Waals surface area contributed by atoms with Crippen LogP contribution in [0.15, 0.2) is 238 Å². The van der Waals surface area contributed by atoms with Crippen LogP contribution in [0.2, 0.25) is 0 Å². The Labute approximate surface area is 504 Å². The van der Waals surface area contributed by atoms with E-state index in [0.717, 1.165) is 78.7 Å². The van der Waals surface area contributed by atoms with Crippen LogP contribution in [-0.4, -0.2) is 56.1 Å². The zero-order valence-electron chi connectivity index (χ0n) is 47.1. The van der Waals surface area contributed by atoms with Gasteiger partial charge in [-0.05, 0) is 127 Å². The number of anilines is 5. The third kappa shape index (κ3) is 12.0. The highest BCUT2D eigenvalue weighted by molar-refractivity contribution is 7.85. The van der Waals surface area contributed by atoms with Crippen molar-refractivity contribution in [1.29, 1.82) is 0 Å². The van der Waals surface area contributed by atoms with Gasteiger partial charge in [0.25, 0.3) is 5.52 Å². The number of ether oxygens (including phenoxy) is 2. The molecule has 1 atom stereocenters. The van der Waals surface area contributed by atoms with E-state index in [-0.39, 0.29) is 66.4 Å². The van der Waals surface area contributed by atoms with E-state index in [1.165, 1.54) is 18.2 Å². The average molecular weight is 1190 g/mol. The highest BCUT2D eigenvalue weighted by atomic mass is 35.5. The number of ketones is 2. The molecule has 1 saturated carbocycles. The lowest BCUT2D eigenvalue weighted by Gasteiger charge is -2.34. The maximum absolute atomic E-state index is 14.0. The van der Waals surface area contributed by atoms with Crippen molar-refractivity contribution in [2.45, 2.75) is 55.9 Å². The molecule has 4 heterocycles. The second-order valence-electron chi connectivity index (χ2n) is 21.3. The molecule has 0 saturated heterocycles. The first-order valence-electron chi connectivity index (χ1n) is 28.2. The number of oxazole rings is 1. The number of unbranched alkanes of at least 4 members (excludes halogenated alkanes) is 1. The number of carbonyl (C=O) groups is 4. The molecule has 15 nitrogen and oxygen atoms in total. The van der Waals surface area contributed by atoms with E-state index in [9.17, 15) is 32.1 Å². The average Bonchev–Trinajstić information content (AvgIpc) is 1.22. The Morgan fingerprint density at radius 3 is 2.13 bits per heavy atom. The molecule has 12 rings (SSSR count). The first-order valence-corrected chi connectivity index (χ1v) is 29.6. The number of esters is 1. The summed E-state index contributed by atoms with van der Waals surface area (Å²) in [5, 5.41) is 3.06. The number of amides is 1. The molecular weight excluding hydrogens is 1130 g/mol. The van der Waals surface area contributed by atoms with Crippen molar-refractivity contribution in [1.82, 2.24) is 5.32 Å². The van der Waals surface area contributed by atoms with Crippen molar-refractivity contribution in [2.75, 3.05) is 28.3 Å². The molecule has 1 unspecified atom stereocenters. The third-order valence-corrected chi connectivity index (χ3v) is 16.6. The maximum Gasteiger partial charge on any atom is 0.374 e. The summed E-state index contributed by atoms with van der Waals surface area (Å²) in [5.74, 6) is -0.366. The van der Waals surface area contributed by atoms with Crippen molar-refractivity contribution in [3.63, 3.8) is 0 Å². The van der Waals surface area contributed by atoms with Gasteiger partial charge in [-0.15, -0.1) is 0 Å². The number of hydrogen-bond acceptors (Lipinski definition) is 13. The molecule has 0 spiro atoms. The van der Waals surface area contributed by atoms with E-state index < -0.39 is 22.2 Å². The lowest BCUT2D eigenvalue weighted by Crippen LogP contribution is -3.00. The fourth-order valence-corrected chi connectivity index (χ4v) is 12.0. The van der Waals surface area contributed by atoms with Gasteiger partial charge in [0, 0.05) is 91.2 Å². The van der Waals surface area contributed by atoms with E-state index >= 15 is 0 Å². The third-order valence-electron chi connectivity index (χ3n) is 15.8. The molecule has 86 heavy (non-hydrogen) atoms. The highest BCUT2D eigenvalue weighted by Crippen LogP contribution is 2.47. The standard InChI is InChI=1S/C69H59N5O10S.ClH/c1-71-59-28-13-14-29-63(59)82-66(71)42-47-40-51(73(49-20-5-3-6-21-49)57-26-11-9-24-55(47)57)38-45-18-17-19-46(54(45)32-36-65(77)70-37-16-15-30-68(78)84-69-61(75)33-34-62(69)76)39-52-41-48(56-25-10-12-27-58(56)74(52)50-22-7-4-8-23-50)43-67-72(2)60-44-53(85(79,80)81)31-35-64(60)83-67;/h3-14,17-29,31,35,38-44,54,69H,15-16,30,32-34,36-37H2,1-2H3,(H-,70,77,79,80,81);1H/p-1. The second-order valence-corrected chi connectivity index (χ2v) is 22.7. The Balaban J connectivity index is 0.00000768. The minimum atomic E-state index is -4.73. The smallest absolute Gasteiger partial charge is 0.374 e. The molecule has 2 aliphatic carbocycles. The van der Waals surface area contributed by atoms with Gasteiger partial charge >= 0.3 is 11.9 Å². The molecule has 434 valence electrons. The summed E-state index contributed by atoms with van der Waals surface area (Å²) in [6.07, 6.45) is 19.2. The van der Waals surface area contributed by atoms with Crippen LogP contribution < -0.4 is 41.7 Å². The van der Waals surface area contributed by atoms with E-state index in [0.29, 0.717) is 49.0 Å². The maximum atomic E-state index is 14.0. The monoisotopic (exact) mass is 1180 g/mol. The van der Waals surface area contributed by atoms with Crippen LogP contribution in [0.1, 0.15) is 62.0 Å². The Kier molecular flexibility index (Phi) is 16.9. The molecule has 1 N–H and O–H groups in total. The van der Waals surface area contributed by atoms with E-state index in [2.05, 4.69) is 100 Å². The lowest BCUT2D eigenvalue weighted by atomic mass is 9.81. The SMILES string of the molecule is CN1\C(=C/C2=C/C(=C\C3=CC=C\C(=C/C4=C\C(=C\c5oc6ccccc6[n+]5C)c5ccccc5N4c4ccccc4)C3CCC(=O)NCCCCC(=O)OC3C(=O)CCC3=O)N(c3ccccc3)c3ccccc32)Oc2ccc(S(=O)(=O)[O-])cc21.[Cl-]. The first kappa shape index (κ1) is 58.2. The van der Waals surface area contributed by atoms with Crippen LogP contribution in [0.4, 0.5) is 28.4 Å². The minimum Gasteiger partial charge on any atom is -1.00 e. The van der Waals surface area contributed by atoms with Crippen LogP contribution in [0.3, 0.4) is 0 Å². The van der Waals surface area contributed by atoms with E-state index in [1.54, 1.807) is 11.9 Å². The number of allylic oxidation sites excluding steroid dienone is 12. The van der Waals surface area contributed by atoms with Gasteiger partial charge in [-0.3, -0.25) is 19.2 Å². The summed E-state index contributed by atoms with van der Waals surface area (Å²) in [4.78, 5) is 56.6. The van der Waals surface area contributed by atoms with Crippen molar-refractivity contribution >= 4 is 90.3 Å². The molecule has 6 aromatic carbocycles. The van der Waals surface area contributed by atoms with Gasteiger partial charge in [0.05, 0.1) is 28.0 Å². The Morgan fingerprint density at radius 2 is 1.41 bits per heavy atom. The number of nitrogens with zero attached hydrogens (tertiary/aromatic N) is 4. The summed E-state index contributed by atoms with van der Waals surface area (Å²) < 4.78 is 56.3. The summed E-state index contributed by atoms with van der Waals surface area (Å²) in [6, 6.07) is 48.7. The topological polar surface area (TPSA) is 183 Å². The second kappa shape index (κ2) is 24.9. The number of nitrogens with one attached hydrogen (secondary N) is 1. The quantitative estimate of drug-likeness (QED) is 0.0318. The van der Waals surface area contributed by atoms with Crippen molar-refractivity contribution in [3.8, 4) is 5.75 Å². The van der Waals surface area contributed by atoms with Crippen molar-refractivity contribution in [3.05, 3.63) is 246 Å². The molecule has 1 amide bonds. The van der Waals surface area contributed by atoms with Gasteiger partial charge in [0.15, 0.2) is 17.3 Å². The number of rotatable bonds is 16. The normalized spacial score (nSPS) is 18.4. The summed E-state index contributed by atoms with van der Waals surface area (Å²) in [6.45, 7) is 0.307. The first-order chi connectivity index (χ1) is 41.2. The van der Waals surface area contributed by atoms with Crippen LogP contribution in [0, 0.1) is 5.92 Å². The number of halogens is 1. The summed E-state index contributed by atoms with van der Waals surface area (Å²) >= 11 is 0. The molecule has 7 aromatic rings. The van der Waals surface area contributed by atoms with Crippen LogP contribution in [0.5, 0.6) is 5.75 Å². The predicted molar refractivity (Wildman–Crippen MR) is 325 cm³/mol. The van der Waals surface area contributed by atoms with Gasteiger partial charge in [-0.1, -0.05) is 103 Å². The molecule has 1 fully saturated rings. The number of aromatic nitrogens is 1. The van der Waals surface area contributed by atoms with Gasteiger partial charge in [-0.25, -0.2) is 8.42 Å². The zero-order chi connectivity index (χ0) is 58.8. The molecule has 5 aliphatic rings. The number of hydrogen-bond donors (Lipinski definition) is 1. The Hall–Kier alpha value is -9.61. The number of aryl methyl sites for hydroxylation is 1. The lowest BCUT2D eigenvalue weighted by molar-refractivity contribution is -0.651. The van der Waals surface area contributed by atoms with Crippen molar-refractivity contribution < 1.29 is 63.0 Å². The van der Waals surface area contributed by atoms with E-state index in [4.69, 9.17) is 13.9 Å². The fraction of sp³-hybridized carbons (Fsp3) is 0.174.